The van der Waals surface area contributed by atoms with E-state index in [1.165, 1.54) is 11.3 Å². The number of amides is 2. The Bertz CT molecular complexity index is 763. The molecule has 0 saturated heterocycles. The maximum atomic E-state index is 12.4. The first-order chi connectivity index (χ1) is 10.8. The van der Waals surface area contributed by atoms with Crippen LogP contribution in [0.15, 0.2) is 18.2 Å². The zero-order valence-corrected chi connectivity index (χ0v) is 15.0. The molecule has 0 unspecified atom stereocenters. The Labute approximate surface area is 140 Å². The summed E-state index contributed by atoms with van der Waals surface area (Å²) >= 11 is 1.44. The van der Waals surface area contributed by atoms with Crippen molar-refractivity contribution in [2.75, 3.05) is 12.4 Å². The fourth-order valence-electron chi connectivity index (χ4n) is 2.45. The molecule has 0 aliphatic carbocycles. The molecule has 1 heterocycles. The smallest absolute Gasteiger partial charge is 0.254 e. The average Bonchev–Trinajstić information content (AvgIpc) is 2.76. The largest absolute Gasteiger partial charge is 0.355 e. The Morgan fingerprint density at radius 2 is 1.83 bits per heavy atom. The van der Waals surface area contributed by atoms with Gasteiger partial charge in [0, 0.05) is 11.9 Å². The van der Waals surface area contributed by atoms with E-state index >= 15 is 0 Å². The summed E-state index contributed by atoms with van der Waals surface area (Å²) in [6.07, 6.45) is 0.302. The van der Waals surface area contributed by atoms with Crippen molar-refractivity contribution >= 4 is 28.2 Å². The Morgan fingerprint density at radius 3 is 2.48 bits per heavy atom. The first-order valence-electron chi connectivity index (χ1n) is 7.51. The van der Waals surface area contributed by atoms with Gasteiger partial charge in [-0.2, -0.15) is 0 Å². The number of rotatable bonds is 4. The lowest BCUT2D eigenvalue weighted by atomic mass is 10.0. The van der Waals surface area contributed by atoms with Crippen LogP contribution in [-0.2, 0) is 11.2 Å². The summed E-state index contributed by atoms with van der Waals surface area (Å²) in [5.74, 6) is -0.279. The molecule has 2 rings (SSSR count). The molecule has 1 aromatic carbocycles. The lowest BCUT2D eigenvalue weighted by Gasteiger charge is -2.09. The highest BCUT2D eigenvalue weighted by Gasteiger charge is 2.20. The summed E-state index contributed by atoms with van der Waals surface area (Å²) in [5.41, 5.74) is 4.71. The Morgan fingerprint density at radius 1 is 1.13 bits per heavy atom. The molecule has 2 N–H and O–H groups in total. The van der Waals surface area contributed by atoms with Gasteiger partial charge in [-0.15, -0.1) is 11.3 Å². The number of hydrogen-bond acceptors (Lipinski definition) is 3. The third-order valence-corrected chi connectivity index (χ3v) is 5.07. The molecule has 4 nitrogen and oxygen atoms in total. The van der Waals surface area contributed by atoms with Crippen molar-refractivity contribution in [2.45, 2.75) is 34.1 Å². The summed E-state index contributed by atoms with van der Waals surface area (Å²) in [6, 6.07) is 6.08. The topological polar surface area (TPSA) is 58.2 Å². The molecule has 23 heavy (non-hydrogen) atoms. The van der Waals surface area contributed by atoms with Gasteiger partial charge in [0.2, 0.25) is 5.91 Å². The minimum atomic E-state index is -0.172. The third-order valence-electron chi connectivity index (χ3n) is 3.95. The first kappa shape index (κ1) is 17.2. The van der Waals surface area contributed by atoms with E-state index in [1.807, 2.05) is 45.9 Å². The number of hydrogen-bond donors (Lipinski definition) is 2. The molecule has 1 aromatic heterocycles. The lowest BCUT2D eigenvalue weighted by molar-refractivity contribution is -0.115. The van der Waals surface area contributed by atoms with E-state index in [2.05, 4.69) is 10.6 Å². The molecule has 0 aliphatic heterocycles. The van der Waals surface area contributed by atoms with Crippen LogP contribution in [0, 0.1) is 27.7 Å². The zero-order chi connectivity index (χ0) is 17.1. The van der Waals surface area contributed by atoms with Crippen LogP contribution >= 0.6 is 11.3 Å². The fourth-order valence-corrected chi connectivity index (χ4v) is 3.52. The number of benzene rings is 1. The van der Waals surface area contributed by atoms with Gasteiger partial charge in [0.1, 0.15) is 5.00 Å². The summed E-state index contributed by atoms with van der Waals surface area (Å²) in [4.78, 5) is 25.5. The van der Waals surface area contributed by atoms with Crippen LogP contribution in [0.1, 0.15) is 37.5 Å². The van der Waals surface area contributed by atoms with Gasteiger partial charge in [-0.1, -0.05) is 23.8 Å². The van der Waals surface area contributed by atoms with E-state index < -0.39 is 0 Å². The van der Waals surface area contributed by atoms with Gasteiger partial charge in [0.25, 0.3) is 5.91 Å². The van der Waals surface area contributed by atoms with Crippen molar-refractivity contribution < 1.29 is 9.59 Å². The fraction of sp³-hybridized carbons (Fsp3) is 0.333. The molecule has 0 spiro atoms. The van der Waals surface area contributed by atoms with E-state index in [4.69, 9.17) is 0 Å². The number of anilines is 1. The molecule has 5 heteroatoms. The Kier molecular flexibility index (Phi) is 5.21. The molecule has 0 radical (unpaired) electrons. The number of carbonyl (C=O) groups excluding carboxylic acids is 2. The van der Waals surface area contributed by atoms with Gasteiger partial charge in [0.15, 0.2) is 0 Å². The SMILES string of the molecule is CNC(=O)c1c(NC(=O)Cc2cc(C)ccc2C)sc(C)c1C. The van der Waals surface area contributed by atoms with E-state index in [0.717, 1.165) is 27.1 Å². The molecule has 0 bridgehead atoms. The maximum Gasteiger partial charge on any atom is 0.254 e. The maximum absolute atomic E-state index is 12.4. The summed E-state index contributed by atoms with van der Waals surface area (Å²) in [5, 5.41) is 6.15. The van der Waals surface area contributed by atoms with Crippen molar-refractivity contribution in [3.8, 4) is 0 Å². The number of nitrogens with one attached hydrogen (secondary N) is 2. The van der Waals surface area contributed by atoms with Crippen LogP contribution < -0.4 is 10.6 Å². The van der Waals surface area contributed by atoms with Crippen molar-refractivity contribution in [2.24, 2.45) is 0 Å². The Hall–Kier alpha value is -2.14. The molecule has 2 aromatic rings. The molecule has 0 fully saturated rings. The molecule has 122 valence electrons. The first-order valence-corrected chi connectivity index (χ1v) is 8.33. The zero-order valence-electron chi connectivity index (χ0n) is 14.2. The van der Waals surface area contributed by atoms with Crippen LogP contribution in [0.4, 0.5) is 5.00 Å². The van der Waals surface area contributed by atoms with E-state index in [-0.39, 0.29) is 11.8 Å². The minimum absolute atomic E-state index is 0.106. The Balaban J connectivity index is 2.22. The summed E-state index contributed by atoms with van der Waals surface area (Å²) in [6.45, 7) is 7.86. The van der Waals surface area contributed by atoms with Crippen molar-refractivity contribution in [1.82, 2.24) is 5.32 Å². The molecule has 0 saturated carbocycles. The number of carbonyl (C=O) groups is 2. The second-order valence-electron chi connectivity index (χ2n) is 5.72. The van der Waals surface area contributed by atoms with E-state index in [0.29, 0.717) is 17.0 Å². The molecular weight excluding hydrogens is 308 g/mol. The van der Waals surface area contributed by atoms with Crippen molar-refractivity contribution in [3.63, 3.8) is 0 Å². The summed E-state index contributed by atoms with van der Waals surface area (Å²) in [7, 11) is 1.59. The van der Waals surface area contributed by atoms with Crippen molar-refractivity contribution in [3.05, 3.63) is 50.9 Å². The van der Waals surface area contributed by atoms with E-state index in [1.54, 1.807) is 7.05 Å². The van der Waals surface area contributed by atoms with Gasteiger partial charge in [0.05, 0.1) is 12.0 Å². The highest BCUT2D eigenvalue weighted by Crippen LogP contribution is 2.32. The van der Waals surface area contributed by atoms with Gasteiger partial charge >= 0.3 is 0 Å². The monoisotopic (exact) mass is 330 g/mol. The van der Waals surface area contributed by atoms with Gasteiger partial charge in [-0.25, -0.2) is 0 Å². The predicted molar refractivity (Wildman–Crippen MR) is 95.4 cm³/mol. The molecule has 0 aliphatic rings. The van der Waals surface area contributed by atoms with Gasteiger partial charge < -0.3 is 10.6 Å². The summed E-state index contributed by atoms with van der Waals surface area (Å²) < 4.78 is 0. The molecule has 2 amide bonds. The van der Waals surface area contributed by atoms with Gasteiger partial charge in [-0.3, -0.25) is 9.59 Å². The van der Waals surface area contributed by atoms with Crippen LogP contribution in [0.5, 0.6) is 0 Å². The van der Waals surface area contributed by atoms with Gasteiger partial charge in [-0.05, 0) is 44.4 Å². The lowest BCUT2D eigenvalue weighted by Crippen LogP contribution is -2.21. The highest BCUT2D eigenvalue weighted by molar-refractivity contribution is 7.16. The average molecular weight is 330 g/mol. The second-order valence-corrected chi connectivity index (χ2v) is 6.95. The standard InChI is InChI=1S/C18H22N2O2S/c1-10-6-7-11(2)14(8-10)9-15(21)20-18-16(17(22)19-5)12(3)13(4)23-18/h6-8H,9H2,1-5H3,(H,19,22)(H,20,21). The molecular formula is C18H22N2O2S. The number of aryl methyl sites for hydroxylation is 3. The van der Waals surface area contributed by atoms with Crippen LogP contribution in [-0.4, -0.2) is 18.9 Å². The van der Waals surface area contributed by atoms with Crippen LogP contribution in [0.25, 0.3) is 0 Å². The highest BCUT2D eigenvalue weighted by atomic mass is 32.1. The quantitative estimate of drug-likeness (QED) is 0.901. The normalized spacial score (nSPS) is 10.5. The van der Waals surface area contributed by atoms with E-state index in [9.17, 15) is 9.59 Å². The number of thiophene rings is 1. The van der Waals surface area contributed by atoms with Crippen molar-refractivity contribution in [1.29, 1.82) is 0 Å². The predicted octanol–water partition coefficient (Wildman–Crippen LogP) is 3.52. The van der Waals surface area contributed by atoms with Crippen LogP contribution in [0.2, 0.25) is 0 Å². The van der Waals surface area contributed by atoms with Crippen LogP contribution in [0.3, 0.4) is 0 Å². The second kappa shape index (κ2) is 6.96. The third kappa shape index (κ3) is 3.79. The molecule has 0 atom stereocenters. The minimum Gasteiger partial charge on any atom is -0.355 e.